The van der Waals surface area contributed by atoms with Gasteiger partial charge in [-0.3, -0.25) is 4.98 Å². The van der Waals surface area contributed by atoms with Gasteiger partial charge in [0, 0.05) is 18.3 Å². The van der Waals surface area contributed by atoms with Crippen molar-refractivity contribution < 1.29 is 4.74 Å². The van der Waals surface area contributed by atoms with Crippen molar-refractivity contribution in [2.45, 2.75) is 12.8 Å². The van der Waals surface area contributed by atoms with Gasteiger partial charge in [0.25, 0.3) is 0 Å². The molecule has 1 atom stereocenters. The fraction of sp³-hybridized carbons (Fsp3) is 0.267. The van der Waals surface area contributed by atoms with Crippen molar-refractivity contribution in [2.24, 2.45) is 5.92 Å². The number of benzene rings is 1. The number of aromatic nitrogens is 1. The van der Waals surface area contributed by atoms with Gasteiger partial charge in [-0.15, -0.1) is 0 Å². The van der Waals surface area contributed by atoms with Crippen molar-refractivity contribution in [1.29, 1.82) is 0 Å². The smallest absolute Gasteiger partial charge is 0.122 e. The molecule has 1 aromatic carbocycles. The molecule has 86 valence electrons. The van der Waals surface area contributed by atoms with Crippen molar-refractivity contribution in [1.82, 2.24) is 4.98 Å². The van der Waals surface area contributed by atoms with E-state index in [1.54, 1.807) is 0 Å². The van der Waals surface area contributed by atoms with Crippen molar-refractivity contribution in [3.05, 3.63) is 59.9 Å². The van der Waals surface area contributed by atoms with Gasteiger partial charge in [-0.25, -0.2) is 0 Å². The Morgan fingerprint density at radius 3 is 3.00 bits per heavy atom. The van der Waals surface area contributed by atoms with E-state index >= 15 is 0 Å². The van der Waals surface area contributed by atoms with Crippen LogP contribution in [0.3, 0.4) is 0 Å². The molecule has 0 spiro atoms. The zero-order chi connectivity index (χ0) is 11.5. The molecular weight excluding hydrogens is 210 g/mol. The molecule has 1 aliphatic heterocycles. The van der Waals surface area contributed by atoms with Crippen LogP contribution in [0.2, 0.25) is 0 Å². The van der Waals surface area contributed by atoms with Crippen LogP contribution in [0.15, 0.2) is 48.8 Å². The van der Waals surface area contributed by atoms with Crippen LogP contribution in [0.1, 0.15) is 11.1 Å². The van der Waals surface area contributed by atoms with Gasteiger partial charge in [-0.05, 0) is 36.1 Å². The van der Waals surface area contributed by atoms with Gasteiger partial charge in [0.1, 0.15) is 5.75 Å². The standard InChI is InChI=1S/C15H15NO/c1-2-6-15-14(5-1)9-13(11-17-15)8-12-4-3-7-16-10-12/h1-7,10,13H,8-9,11H2/t13-/m1/s1. The summed E-state index contributed by atoms with van der Waals surface area (Å²) in [6.45, 7) is 0.811. The van der Waals surface area contributed by atoms with Gasteiger partial charge in [-0.1, -0.05) is 24.3 Å². The minimum atomic E-state index is 0.564. The van der Waals surface area contributed by atoms with Crippen LogP contribution in [0.4, 0.5) is 0 Å². The van der Waals surface area contributed by atoms with Crippen molar-refractivity contribution >= 4 is 0 Å². The molecule has 0 bridgehead atoms. The molecule has 0 fully saturated rings. The summed E-state index contributed by atoms with van der Waals surface area (Å²) in [7, 11) is 0. The summed E-state index contributed by atoms with van der Waals surface area (Å²) in [6.07, 6.45) is 5.91. The number of hydrogen-bond acceptors (Lipinski definition) is 2. The molecule has 0 saturated heterocycles. The average Bonchev–Trinajstić information content (AvgIpc) is 2.40. The molecule has 0 N–H and O–H groups in total. The number of fused-ring (bicyclic) bond motifs is 1. The molecule has 0 radical (unpaired) electrons. The summed E-state index contributed by atoms with van der Waals surface area (Å²) in [6, 6.07) is 12.4. The predicted molar refractivity (Wildman–Crippen MR) is 67.1 cm³/mol. The summed E-state index contributed by atoms with van der Waals surface area (Å²) in [5.41, 5.74) is 2.62. The molecule has 2 nitrogen and oxygen atoms in total. The fourth-order valence-electron chi connectivity index (χ4n) is 2.37. The molecule has 2 heteroatoms. The maximum atomic E-state index is 5.79. The first-order chi connectivity index (χ1) is 8.42. The third-order valence-corrected chi connectivity index (χ3v) is 3.20. The third kappa shape index (κ3) is 2.31. The quantitative estimate of drug-likeness (QED) is 0.784. The highest BCUT2D eigenvalue weighted by molar-refractivity contribution is 5.35. The Labute approximate surface area is 101 Å². The minimum absolute atomic E-state index is 0.564. The van der Waals surface area contributed by atoms with Crippen molar-refractivity contribution in [2.75, 3.05) is 6.61 Å². The lowest BCUT2D eigenvalue weighted by atomic mass is 9.91. The summed E-state index contributed by atoms with van der Waals surface area (Å²) >= 11 is 0. The van der Waals surface area contributed by atoms with Crippen LogP contribution in [0, 0.1) is 5.92 Å². The predicted octanol–water partition coefficient (Wildman–Crippen LogP) is 2.88. The van der Waals surface area contributed by atoms with Crippen LogP contribution >= 0.6 is 0 Å². The summed E-state index contributed by atoms with van der Waals surface area (Å²) < 4.78 is 5.79. The summed E-state index contributed by atoms with van der Waals surface area (Å²) in [5, 5.41) is 0. The van der Waals surface area contributed by atoms with E-state index in [2.05, 4.69) is 29.2 Å². The first-order valence-corrected chi connectivity index (χ1v) is 6.01. The summed E-state index contributed by atoms with van der Waals surface area (Å²) in [4.78, 5) is 4.15. The Balaban J connectivity index is 1.72. The number of pyridine rings is 1. The van der Waals surface area contributed by atoms with Crippen LogP contribution < -0.4 is 4.74 Å². The van der Waals surface area contributed by atoms with E-state index < -0.39 is 0 Å². The maximum Gasteiger partial charge on any atom is 0.122 e. The minimum Gasteiger partial charge on any atom is -0.493 e. The second kappa shape index (κ2) is 4.58. The highest BCUT2D eigenvalue weighted by Gasteiger charge is 2.19. The molecule has 0 aliphatic carbocycles. The topological polar surface area (TPSA) is 22.1 Å². The van der Waals surface area contributed by atoms with Gasteiger partial charge in [0.15, 0.2) is 0 Å². The van der Waals surface area contributed by atoms with E-state index in [0.717, 1.165) is 25.2 Å². The van der Waals surface area contributed by atoms with E-state index in [1.807, 2.05) is 24.5 Å². The van der Waals surface area contributed by atoms with Crippen LogP contribution in [0.25, 0.3) is 0 Å². The van der Waals surface area contributed by atoms with Crippen molar-refractivity contribution in [3.63, 3.8) is 0 Å². The highest BCUT2D eigenvalue weighted by Crippen LogP contribution is 2.28. The van der Waals surface area contributed by atoms with E-state index in [0.29, 0.717) is 5.92 Å². The Bertz CT molecular complexity index is 495. The maximum absolute atomic E-state index is 5.79. The molecule has 1 aromatic heterocycles. The monoisotopic (exact) mass is 225 g/mol. The molecule has 2 aromatic rings. The second-order valence-electron chi connectivity index (χ2n) is 4.55. The number of ether oxygens (including phenoxy) is 1. The van der Waals surface area contributed by atoms with E-state index in [-0.39, 0.29) is 0 Å². The lowest BCUT2D eigenvalue weighted by Gasteiger charge is -2.25. The lowest BCUT2D eigenvalue weighted by Crippen LogP contribution is -2.22. The first-order valence-electron chi connectivity index (χ1n) is 6.01. The van der Waals surface area contributed by atoms with Crippen molar-refractivity contribution in [3.8, 4) is 5.75 Å². The zero-order valence-corrected chi connectivity index (χ0v) is 9.67. The number of rotatable bonds is 2. The fourth-order valence-corrected chi connectivity index (χ4v) is 2.37. The van der Waals surface area contributed by atoms with Gasteiger partial charge in [0.05, 0.1) is 6.61 Å². The molecule has 3 rings (SSSR count). The Kier molecular flexibility index (Phi) is 2.78. The number of hydrogen-bond donors (Lipinski definition) is 0. The highest BCUT2D eigenvalue weighted by atomic mass is 16.5. The average molecular weight is 225 g/mol. The number of para-hydroxylation sites is 1. The molecule has 2 heterocycles. The molecular formula is C15H15NO. The Hall–Kier alpha value is -1.83. The van der Waals surface area contributed by atoms with Gasteiger partial charge in [-0.2, -0.15) is 0 Å². The summed E-state index contributed by atoms with van der Waals surface area (Å²) in [5.74, 6) is 1.61. The van der Waals surface area contributed by atoms with E-state index in [1.165, 1.54) is 11.1 Å². The van der Waals surface area contributed by atoms with Gasteiger partial charge >= 0.3 is 0 Å². The normalized spacial score (nSPS) is 18.2. The van der Waals surface area contributed by atoms with Crippen LogP contribution in [-0.4, -0.2) is 11.6 Å². The van der Waals surface area contributed by atoms with Gasteiger partial charge in [0.2, 0.25) is 0 Å². The van der Waals surface area contributed by atoms with E-state index in [4.69, 9.17) is 4.74 Å². The van der Waals surface area contributed by atoms with E-state index in [9.17, 15) is 0 Å². The zero-order valence-electron chi connectivity index (χ0n) is 9.67. The molecule has 17 heavy (non-hydrogen) atoms. The third-order valence-electron chi connectivity index (χ3n) is 3.20. The van der Waals surface area contributed by atoms with Crippen LogP contribution in [-0.2, 0) is 12.8 Å². The second-order valence-corrected chi connectivity index (χ2v) is 4.55. The first kappa shape index (κ1) is 10.3. The Morgan fingerprint density at radius 1 is 1.18 bits per heavy atom. The molecule has 1 aliphatic rings. The largest absolute Gasteiger partial charge is 0.493 e. The van der Waals surface area contributed by atoms with Gasteiger partial charge < -0.3 is 4.74 Å². The SMILES string of the molecule is c1cncc(C[C@H]2COc3ccccc3C2)c1. The lowest BCUT2D eigenvalue weighted by molar-refractivity contribution is 0.221. The molecule has 0 unspecified atom stereocenters. The Morgan fingerprint density at radius 2 is 2.12 bits per heavy atom. The molecule has 0 amide bonds. The number of nitrogens with zero attached hydrogens (tertiary/aromatic N) is 1. The molecule has 0 saturated carbocycles. The van der Waals surface area contributed by atoms with Crippen LogP contribution in [0.5, 0.6) is 5.75 Å².